The average Bonchev–Trinajstić information content (AvgIpc) is 2.81. The van der Waals surface area contributed by atoms with Gasteiger partial charge in [0.25, 0.3) is 5.91 Å². The molecule has 1 aromatic heterocycles. The molecule has 1 aliphatic rings. The van der Waals surface area contributed by atoms with Crippen molar-refractivity contribution in [3.63, 3.8) is 0 Å². The van der Waals surface area contributed by atoms with E-state index in [-0.39, 0.29) is 32.2 Å². The first-order chi connectivity index (χ1) is 8.76. The molecule has 0 aliphatic carbocycles. The van der Waals surface area contributed by atoms with Gasteiger partial charge < -0.3 is 25.0 Å². The Hall–Kier alpha value is -1.60. The number of fused-ring (bicyclic) bond motifs is 1. The molecule has 0 bridgehead atoms. The smallest absolute Gasteiger partial charge is 0.274 e. The number of carbonyl (C=O) groups is 1. The van der Waals surface area contributed by atoms with Gasteiger partial charge >= 0.3 is 0 Å². The molecule has 2 heterocycles. The molecule has 18 heavy (non-hydrogen) atoms. The number of aryl methyl sites for hydroxylation is 1. The largest absolute Gasteiger partial charge is 0.395 e. The monoisotopic (exact) mass is 254 g/mol. The highest BCUT2D eigenvalue weighted by molar-refractivity contribution is 5.92. The third-order valence-electron chi connectivity index (χ3n) is 2.88. The van der Waals surface area contributed by atoms with Crippen LogP contribution in [0, 0.1) is 0 Å². The van der Waals surface area contributed by atoms with Gasteiger partial charge in [-0.1, -0.05) is 0 Å². The second-order valence-corrected chi connectivity index (χ2v) is 4.16. The van der Waals surface area contributed by atoms with Crippen molar-refractivity contribution in [3.8, 4) is 0 Å². The first-order valence-corrected chi connectivity index (χ1v) is 6.08. The van der Waals surface area contributed by atoms with Gasteiger partial charge in [-0.15, -0.1) is 0 Å². The summed E-state index contributed by atoms with van der Waals surface area (Å²) >= 11 is 0. The topological polar surface area (TPSA) is 90.6 Å². The van der Waals surface area contributed by atoms with E-state index in [9.17, 15) is 4.79 Å². The summed E-state index contributed by atoms with van der Waals surface area (Å²) in [5, 5.41) is 20.9. The first kappa shape index (κ1) is 12.8. The van der Waals surface area contributed by atoms with Crippen molar-refractivity contribution in [3.05, 3.63) is 11.9 Å². The van der Waals surface area contributed by atoms with E-state index in [1.165, 1.54) is 4.90 Å². The molecule has 0 spiro atoms. The van der Waals surface area contributed by atoms with Crippen LogP contribution in [0.1, 0.15) is 16.9 Å². The van der Waals surface area contributed by atoms with Crippen molar-refractivity contribution in [2.45, 2.75) is 13.0 Å². The lowest BCUT2D eigenvalue weighted by Gasteiger charge is -2.19. The normalized spacial score (nSPS) is 13.9. The average molecular weight is 254 g/mol. The summed E-state index contributed by atoms with van der Waals surface area (Å²) in [6.45, 7) is 1.86. The molecule has 7 nitrogen and oxygen atoms in total. The van der Waals surface area contributed by atoms with E-state index in [1.807, 2.05) is 4.57 Å². The molecular weight excluding hydrogens is 236 g/mol. The maximum Gasteiger partial charge on any atom is 0.274 e. The fourth-order valence-corrected chi connectivity index (χ4v) is 2.00. The van der Waals surface area contributed by atoms with Crippen molar-refractivity contribution in [1.82, 2.24) is 14.5 Å². The maximum atomic E-state index is 12.1. The molecule has 3 N–H and O–H groups in total. The number of rotatable bonds is 5. The van der Waals surface area contributed by atoms with Gasteiger partial charge in [-0.25, -0.2) is 4.98 Å². The van der Waals surface area contributed by atoms with E-state index in [0.29, 0.717) is 11.6 Å². The van der Waals surface area contributed by atoms with E-state index in [2.05, 4.69) is 10.3 Å². The third kappa shape index (κ3) is 2.62. The fraction of sp³-hybridized carbons (Fsp3) is 0.636. The van der Waals surface area contributed by atoms with Crippen molar-refractivity contribution >= 4 is 11.9 Å². The predicted octanol–water partition coefficient (Wildman–Crippen LogP) is -0.874. The van der Waals surface area contributed by atoms with Gasteiger partial charge in [0.1, 0.15) is 5.69 Å². The van der Waals surface area contributed by atoms with Gasteiger partial charge in [0.15, 0.2) is 0 Å². The Morgan fingerprint density at radius 2 is 2.17 bits per heavy atom. The number of anilines is 1. The summed E-state index contributed by atoms with van der Waals surface area (Å²) in [5.74, 6) is 0.444. The summed E-state index contributed by atoms with van der Waals surface area (Å²) < 4.78 is 1.91. The van der Waals surface area contributed by atoms with Crippen LogP contribution < -0.4 is 5.32 Å². The highest BCUT2D eigenvalue weighted by atomic mass is 16.3. The third-order valence-corrected chi connectivity index (χ3v) is 2.88. The highest BCUT2D eigenvalue weighted by Crippen LogP contribution is 2.15. The summed E-state index contributed by atoms with van der Waals surface area (Å²) in [6.07, 6.45) is 2.72. The molecule has 0 atom stereocenters. The summed E-state index contributed by atoms with van der Waals surface area (Å²) in [7, 11) is 0. The van der Waals surface area contributed by atoms with Gasteiger partial charge in [-0.3, -0.25) is 4.79 Å². The molecule has 1 aromatic rings. The second kappa shape index (κ2) is 5.83. The van der Waals surface area contributed by atoms with Crippen molar-refractivity contribution in [2.75, 3.05) is 38.2 Å². The number of aromatic nitrogens is 2. The zero-order valence-electron chi connectivity index (χ0n) is 10.2. The fourth-order valence-electron chi connectivity index (χ4n) is 2.00. The molecule has 100 valence electrons. The Labute approximate surface area is 105 Å². The number of imidazole rings is 1. The molecule has 0 unspecified atom stereocenters. The van der Waals surface area contributed by atoms with Crippen LogP contribution in [0.2, 0.25) is 0 Å². The van der Waals surface area contributed by atoms with Crippen molar-refractivity contribution < 1.29 is 15.0 Å². The lowest BCUT2D eigenvalue weighted by Crippen LogP contribution is -2.36. The molecule has 0 fully saturated rings. The van der Waals surface area contributed by atoms with E-state index >= 15 is 0 Å². The molecule has 7 heteroatoms. The highest BCUT2D eigenvalue weighted by Gasteiger charge is 2.20. The molecule has 1 aliphatic heterocycles. The van der Waals surface area contributed by atoms with Gasteiger partial charge in [-0.2, -0.15) is 0 Å². The Kier molecular flexibility index (Phi) is 4.16. The number of amides is 1. The summed E-state index contributed by atoms with van der Waals surface area (Å²) in [5.41, 5.74) is 0.348. The Bertz CT molecular complexity index is 389. The zero-order valence-corrected chi connectivity index (χ0v) is 10.2. The SMILES string of the molecule is O=C(c1cn2c(n1)NCCC2)N(CCO)CCO. The number of aliphatic hydroxyl groups is 2. The van der Waals surface area contributed by atoms with Crippen LogP contribution in [-0.4, -0.2) is 63.4 Å². The Morgan fingerprint density at radius 3 is 2.78 bits per heavy atom. The Morgan fingerprint density at radius 1 is 1.44 bits per heavy atom. The molecule has 1 amide bonds. The zero-order chi connectivity index (χ0) is 13.0. The van der Waals surface area contributed by atoms with Gasteiger partial charge in [0.2, 0.25) is 5.95 Å². The number of hydrogen-bond acceptors (Lipinski definition) is 5. The van der Waals surface area contributed by atoms with Crippen LogP contribution in [0.25, 0.3) is 0 Å². The number of nitrogens with zero attached hydrogens (tertiary/aromatic N) is 3. The minimum absolute atomic E-state index is 0.127. The van der Waals surface area contributed by atoms with Gasteiger partial charge in [0, 0.05) is 32.4 Å². The predicted molar refractivity (Wildman–Crippen MR) is 65.4 cm³/mol. The van der Waals surface area contributed by atoms with Crippen LogP contribution in [-0.2, 0) is 6.54 Å². The van der Waals surface area contributed by atoms with E-state index in [0.717, 1.165) is 19.5 Å². The molecule has 0 radical (unpaired) electrons. The standard InChI is InChI=1S/C11H18N4O3/c16-6-4-14(5-7-17)10(18)9-8-15-3-1-2-12-11(15)13-9/h8,16-17H,1-7H2,(H,12,13). The number of aliphatic hydroxyl groups excluding tert-OH is 2. The number of hydrogen-bond donors (Lipinski definition) is 3. The van der Waals surface area contributed by atoms with Crippen LogP contribution in [0.4, 0.5) is 5.95 Å². The minimum Gasteiger partial charge on any atom is -0.395 e. The van der Waals surface area contributed by atoms with Crippen LogP contribution in [0.3, 0.4) is 0 Å². The molecule has 0 saturated heterocycles. The first-order valence-electron chi connectivity index (χ1n) is 6.08. The maximum absolute atomic E-state index is 12.1. The molecular formula is C11H18N4O3. The van der Waals surface area contributed by atoms with Crippen LogP contribution >= 0.6 is 0 Å². The van der Waals surface area contributed by atoms with E-state index in [4.69, 9.17) is 10.2 Å². The Balaban J connectivity index is 2.13. The lowest BCUT2D eigenvalue weighted by molar-refractivity contribution is 0.0679. The summed E-state index contributed by atoms with van der Waals surface area (Å²) in [6, 6.07) is 0. The van der Waals surface area contributed by atoms with Crippen LogP contribution in [0.5, 0.6) is 0 Å². The van der Waals surface area contributed by atoms with Crippen molar-refractivity contribution in [1.29, 1.82) is 0 Å². The number of carbonyl (C=O) groups excluding carboxylic acids is 1. The second-order valence-electron chi connectivity index (χ2n) is 4.16. The summed E-state index contributed by atoms with van der Waals surface area (Å²) in [4.78, 5) is 17.8. The lowest BCUT2D eigenvalue weighted by atomic mass is 10.3. The quantitative estimate of drug-likeness (QED) is 0.635. The number of nitrogens with one attached hydrogen (secondary N) is 1. The van der Waals surface area contributed by atoms with Gasteiger partial charge in [-0.05, 0) is 6.42 Å². The molecule has 0 aromatic carbocycles. The van der Waals surface area contributed by atoms with E-state index < -0.39 is 0 Å². The van der Waals surface area contributed by atoms with Crippen molar-refractivity contribution in [2.24, 2.45) is 0 Å². The van der Waals surface area contributed by atoms with Gasteiger partial charge in [0.05, 0.1) is 13.2 Å². The molecule has 2 rings (SSSR count). The minimum atomic E-state index is -0.262. The van der Waals surface area contributed by atoms with E-state index in [1.54, 1.807) is 6.20 Å². The van der Waals surface area contributed by atoms with Crippen LogP contribution in [0.15, 0.2) is 6.20 Å². The molecule has 0 saturated carbocycles.